The summed E-state index contributed by atoms with van der Waals surface area (Å²) in [5.74, 6) is 0. The molecule has 0 radical (unpaired) electrons. The van der Waals surface area contributed by atoms with E-state index in [2.05, 4.69) is 13.3 Å². The fourth-order valence-corrected chi connectivity index (χ4v) is 2.31. The molecule has 0 N–H and O–H groups in total. The highest BCUT2D eigenvalue weighted by Gasteiger charge is 2.05. The average molecular weight is 205 g/mol. The Bertz CT molecular complexity index is 303. The SMILES string of the molecule is CP(C)(=S)c1cccc(Cl)c1. The quantitative estimate of drug-likeness (QED) is 0.634. The highest BCUT2D eigenvalue weighted by atomic mass is 35.5. The van der Waals surface area contributed by atoms with E-state index in [1.807, 2.05) is 24.3 Å². The minimum Gasteiger partial charge on any atom is -0.0931 e. The van der Waals surface area contributed by atoms with Crippen molar-refractivity contribution in [1.82, 2.24) is 0 Å². The third-order valence-corrected chi connectivity index (χ3v) is 3.82. The molecule has 60 valence electrons. The first-order valence-corrected chi connectivity index (χ1v) is 7.39. The monoisotopic (exact) mass is 204 g/mol. The van der Waals surface area contributed by atoms with Gasteiger partial charge in [0.1, 0.15) is 0 Å². The highest BCUT2D eigenvalue weighted by molar-refractivity contribution is 8.17. The van der Waals surface area contributed by atoms with Crippen LogP contribution in [-0.4, -0.2) is 13.3 Å². The Labute approximate surface area is 77.6 Å². The van der Waals surface area contributed by atoms with Gasteiger partial charge in [-0.25, -0.2) is 0 Å². The van der Waals surface area contributed by atoms with E-state index in [1.54, 1.807) is 0 Å². The van der Waals surface area contributed by atoms with Gasteiger partial charge in [0, 0.05) is 5.02 Å². The molecule has 11 heavy (non-hydrogen) atoms. The lowest BCUT2D eigenvalue weighted by atomic mass is 10.4. The molecular formula is C8H10ClPS. The van der Waals surface area contributed by atoms with Crippen molar-refractivity contribution in [3.05, 3.63) is 29.3 Å². The molecule has 0 saturated carbocycles. The molecule has 1 rings (SSSR count). The van der Waals surface area contributed by atoms with Crippen LogP contribution in [-0.2, 0) is 11.8 Å². The average Bonchev–Trinajstić information content (AvgIpc) is 1.86. The van der Waals surface area contributed by atoms with Crippen molar-refractivity contribution in [3.8, 4) is 0 Å². The van der Waals surface area contributed by atoms with Gasteiger partial charge in [-0.2, -0.15) is 0 Å². The Morgan fingerprint density at radius 3 is 2.36 bits per heavy atom. The summed E-state index contributed by atoms with van der Waals surface area (Å²) in [6.45, 7) is 4.21. The van der Waals surface area contributed by atoms with Crippen LogP contribution in [0.3, 0.4) is 0 Å². The smallest absolute Gasteiger partial charge is 0.0412 e. The topological polar surface area (TPSA) is 0 Å². The predicted octanol–water partition coefficient (Wildman–Crippen LogP) is 2.70. The largest absolute Gasteiger partial charge is 0.0931 e. The second-order valence-corrected chi connectivity index (χ2v) is 9.22. The van der Waals surface area contributed by atoms with Crippen LogP contribution < -0.4 is 5.30 Å². The Morgan fingerprint density at radius 2 is 2.00 bits per heavy atom. The zero-order chi connectivity index (χ0) is 8.48. The number of hydrogen-bond donors (Lipinski definition) is 0. The molecule has 1 aromatic carbocycles. The van der Waals surface area contributed by atoms with Gasteiger partial charge in [0.25, 0.3) is 0 Å². The van der Waals surface area contributed by atoms with Gasteiger partial charge in [-0.05, 0) is 36.8 Å². The summed E-state index contributed by atoms with van der Waals surface area (Å²) in [6.07, 6.45) is 0. The van der Waals surface area contributed by atoms with Crippen molar-refractivity contribution in [1.29, 1.82) is 0 Å². The van der Waals surface area contributed by atoms with E-state index in [0.29, 0.717) is 0 Å². The van der Waals surface area contributed by atoms with E-state index in [-0.39, 0.29) is 0 Å². The number of rotatable bonds is 1. The molecule has 0 aliphatic rings. The summed E-state index contributed by atoms with van der Waals surface area (Å²) in [7, 11) is 0. The van der Waals surface area contributed by atoms with Gasteiger partial charge in [0.15, 0.2) is 0 Å². The summed E-state index contributed by atoms with van der Waals surface area (Å²) in [5.41, 5.74) is 0. The molecule has 0 aliphatic carbocycles. The lowest BCUT2D eigenvalue weighted by Gasteiger charge is -2.09. The molecular weight excluding hydrogens is 195 g/mol. The van der Waals surface area contributed by atoms with Crippen LogP contribution in [0, 0.1) is 0 Å². The first-order chi connectivity index (χ1) is 5.00. The maximum absolute atomic E-state index is 5.82. The summed E-state index contributed by atoms with van der Waals surface area (Å²) in [6, 6.07) is 6.53. The molecule has 0 unspecified atom stereocenters. The zero-order valence-corrected chi connectivity index (χ0v) is 9.01. The minimum atomic E-state index is -1.30. The lowest BCUT2D eigenvalue weighted by Crippen LogP contribution is -2.00. The molecule has 3 heteroatoms. The fraction of sp³-hybridized carbons (Fsp3) is 0.250. The van der Waals surface area contributed by atoms with E-state index in [0.717, 1.165) is 5.02 Å². The molecule has 0 amide bonds. The molecule has 0 saturated heterocycles. The van der Waals surface area contributed by atoms with E-state index in [9.17, 15) is 0 Å². The first kappa shape index (κ1) is 9.25. The summed E-state index contributed by atoms with van der Waals surface area (Å²) in [4.78, 5) is 0. The standard InChI is InChI=1S/C8H10ClPS/c1-10(2,11)8-5-3-4-7(9)6-8/h3-6H,1-2H3. The van der Waals surface area contributed by atoms with Crippen LogP contribution in [0.1, 0.15) is 0 Å². The predicted molar refractivity (Wildman–Crippen MR) is 57.2 cm³/mol. The van der Waals surface area contributed by atoms with Gasteiger partial charge >= 0.3 is 0 Å². The van der Waals surface area contributed by atoms with Crippen LogP contribution in [0.25, 0.3) is 0 Å². The van der Waals surface area contributed by atoms with Gasteiger partial charge in [-0.15, -0.1) is 0 Å². The van der Waals surface area contributed by atoms with Crippen LogP contribution in [0.4, 0.5) is 0 Å². The van der Waals surface area contributed by atoms with E-state index in [1.165, 1.54) is 5.30 Å². The number of benzene rings is 1. The van der Waals surface area contributed by atoms with Gasteiger partial charge in [-0.1, -0.05) is 35.5 Å². The molecule has 0 fully saturated rings. The second-order valence-electron chi connectivity index (χ2n) is 2.83. The minimum absolute atomic E-state index is 0.778. The van der Waals surface area contributed by atoms with Crippen molar-refractivity contribution >= 4 is 34.8 Å². The normalized spacial score (nSPS) is 11.5. The highest BCUT2D eigenvalue weighted by Crippen LogP contribution is 2.35. The molecule has 0 heterocycles. The maximum Gasteiger partial charge on any atom is 0.0412 e. The summed E-state index contributed by atoms with van der Waals surface area (Å²) >= 11 is 11.2. The van der Waals surface area contributed by atoms with Crippen LogP contribution >= 0.6 is 17.6 Å². The van der Waals surface area contributed by atoms with Crippen molar-refractivity contribution in [2.45, 2.75) is 0 Å². The van der Waals surface area contributed by atoms with Crippen molar-refractivity contribution in [2.75, 3.05) is 13.3 Å². The van der Waals surface area contributed by atoms with E-state index >= 15 is 0 Å². The maximum atomic E-state index is 5.82. The lowest BCUT2D eigenvalue weighted by molar-refractivity contribution is 1.76. The van der Waals surface area contributed by atoms with E-state index in [4.69, 9.17) is 23.4 Å². The third-order valence-electron chi connectivity index (χ3n) is 1.43. The Morgan fingerprint density at radius 1 is 1.36 bits per heavy atom. The van der Waals surface area contributed by atoms with Crippen LogP contribution in [0.5, 0.6) is 0 Å². The van der Waals surface area contributed by atoms with Crippen LogP contribution in [0.2, 0.25) is 5.02 Å². The second kappa shape index (κ2) is 3.26. The summed E-state index contributed by atoms with van der Waals surface area (Å²) in [5, 5.41) is 1.99. The van der Waals surface area contributed by atoms with Gasteiger partial charge in [0.05, 0.1) is 0 Å². The molecule has 0 bridgehead atoms. The first-order valence-electron chi connectivity index (χ1n) is 3.31. The summed E-state index contributed by atoms with van der Waals surface area (Å²) < 4.78 is 0. The number of hydrogen-bond acceptors (Lipinski definition) is 1. The van der Waals surface area contributed by atoms with Gasteiger partial charge < -0.3 is 0 Å². The Balaban J connectivity index is 3.17. The van der Waals surface area contributed by atoms with Gasteiger partial charge in [0.2, 0.25) is 0 Å². The third kappa shape index (κ3) is 2.59. The Hall–Kier alpha value is 0.160. The molecule has 1 aromatic rings. The van der Waals surface area contributed by atoms with E-state index < -0.39 is 6.04 Å². The number of halogens is 1. The molecule has 0 spiro atoms. The fourth-order valence-electron chi connectivity index (χ4n) is 0.811. The molecule has 0 aliphatic heterocycles. The molecule has 0 atom stereocenters. The Kier molecular flexibility index (Phi) is 2.74. The molecule has 0 nitrogen and oxygen atoms in total. The van der Waals surface area contributed by atoms with Crippen molar-refractivity contribution < 1.29 is 0 Å². The van der Waals surface area contributed by atoms with Crippen molar-refractivity contribution in [2.24, 2.45) is 0 Å². The van der Waals surface area contributed by atoms with Crippen LogP contribution in [0.15, 0.2) is 24.3 Å². The van der Waals surface area contributed by atoms with Crippen molar-refractivity contribution in [3.63, 3.8) is 0 Å². The molecule has 0 aromatic heterocycles. The van der Waals surface area contributed by atoms with Gasteiger partial charge in [-0.3, -0.25) is 0 Å². The zero-order valence-electron chi connectivity index (χ0n) is 6.54.